The van der Waals surface area contributed by atoms with Gasteiger partial charge >= 0.3 is 6.03 Å². The molecular formula is C16H24N4O3S2. The summed E-state index contributed by atoms with van der Waals surface area (Å²) in [6, 6.07) is 6.45. The van der Waals surface area contributed by atoms with Crippen molar-refractivity contribution in [2.45, 2.75) is 23.8 Å². The van der Waals surface area contributed by atoms with Crippen LogP contribution in [0.25, 0.3) is 0 Å². The fourth-order valence-electron chi connectivity index (χ4n) is 3.29. The number of hydrogen-bond donors (Lipinski definition) is 2. The SMILES string of the molecule is NS(=O)(=O)c1cccc(NC(=O)N2CCN(C3CCSCC3)CC2)c1. The number of nitrogens with zero attached hydrogens (tertiary/aromatic N) is 2. The molecule has 2 aliphatic rings. The van der Waals surface area contributed by atoms with Crippen molar-refractivity contribution in [1.29, 1.82) is 0 Å². The Morgan fingerprint density at radius 3 is 2.48 bits per heavy atom. The molecule has 0 bridgehead atoms. The molecule has 7 nitrogen and oxygen atoms in total. The molecule has 25 heavy (non-hydrogen) atoms. The van der Waals surface area contributed by atoms with Crippen LogP contribution in [-0.2, 0) is 10.0 Å². The number of nitrogens with one attached hydrogen (secondary N) is 1. The number of piperazine rings is 1. The van der Waals surface area contributed by atoms with Gasteiger partial charge in [0.15, 0.2) is 0 Å². The van der Waals surface area contributed by atoms with Gasteiger partial charge in [0.1, 0.15) is 0 Å². The summed E-state index contributed by atoms with van der Waals surface area (Å²) < 4.78 is 22.8. The van der Waals surface area contributed by atoms with Crippen LogP contribution in [0.3, 0.4) is 0 Å². The molecule has 138 valence electrons. The third-order valence-electron chi connectivity index (χ3n) is 4.72. The van der Waals surface area contributed by atoms with Crippen LogP contribution < -0.4 is 10.5 Å². The molecular weight excluding hydrogens is 360 g/mol. The predicted molar refractivity (Wildman–Crippen MR) is 100 cm³/mol. The van der Waals surface area contributed by atoms with Crippen LogP contribution in [0.2, 0.25) is 0 Å². The van der Waals surface area contributed by atoms with E-state index in [-0.39, 0.29) is 10.9 Å². The molecule has 3 rings (SSSR count). The molecule has 2 fully saturated rings. The third-order valence-corrected chi connectivity index (χ3v) is 6.68. The third kappa shape index (κ3) is 4.87. The lowest BCUT2D eigenvalue weighted by Crippen LogP contribution is -2.53. The number of nitrogens with two attached hydrogens (primary N) is 1. The van der Waals surface area contributed by atoms with Crippen LogP contribution >= 0.6 is 11.8 Å². The Bertz CT molecular complexity index is 712. The van der Waals surface area contributed by atoms with Gasteiger partial charge in [-0.3, -0.25) is 4.90 Å². The van der Waals surface area contributed by atoms with Gasteiger partial charge in [-0.1, -0.05) is 6.07 Å². The van der Waals surface area contributed by atoms with Gasteiger partial charge in [-0.15, -0.1) is 0 Å². The van der Waals surface area contributed by atoms with Crippen molar-refractivity contribution in [1.82, 2.24) is 9.80 Å². The van der Waals surface area contributed by atoms with Gasteiger partial charge in [0.05, 0.1) is 4.90 Å². The van der Waals surface area contributed by atoms with E-state index in [1.54, 1.807) is 17.0 Å². The molecule has 1 aromatic carbocycles. The van der Waals surface area contributed by atoms with Crippen LogP contribution in [0.5, 0.6) is 0 Å². The predicted octanol–water partition coefficient (Wildman–Crippen LogP) is 1.38. The Balaban J connectivity index is 1.54. The van der Waals surface area contributed by atoms with Crippen LogP contribution in [0.1, 0.15) is 12.8 Å². The Morgan fingerprint density at radius 2 is 1.84 bits per heavy atom. The summed E-state index contributed by atoms with van der Waals surface area (Å²) >= 11 is 2.02. The molecule has 9 heteroatoms. The molecule has 0 spiro atoms. The average Bonchev–Trinajstić information content (AvgIpc) is 2.62. The molecule has 2 amide bonds. The van der Waals surface area contributed by atoms with E-state index in [4.69, 9.17) is 5.14 Å². The molecule has 2 heterocycles. The summed E-state index contributed by atoms with van der Waals surface area (Å²) in [5.41, 5.74) is 0.434. The zero-order valence-corrected chi connectivity index (χ0v) is 15.7. The molecule has 0 aliphatic carbocycles. The monoisotopic (exact) mass is 384 g/mol. The number of carbonyl (C=O) groups excluding carboxylic acids is 1. The summed E-state index contributed by atoms with van der Waals surface area (Å²) in [6.07, 6.45) is 2.47. The lowest BCUT2D eigenvalue weighted by Gasteiger charge is -2.40. The summed E-state index contributed by atoms with van der Waals surface area (Å²) in [6.45, 7) is 3.15. The van der Waals surface area contributed by atoms with Gasteiger partial charge in [-0.25, -0.2) is 18.4 Å². The number of rotatable bonds is 3. The quantitative estimate of drug-likeness (QED) is 0.821. The largest absolute Gasteiger partial charge is 0.322 e. The van der Waals surface area contributed by atoms with E-state index in [1.165, 1.54) is 36.5 Å². The summed E-state index contributed by atoms with van der Waals surface area (Å²) in [5.74, 6) is 2.46. The Morgan fingerprint density at radius 1 is 1.16 bits per heavy atom. The van der Waals surface area contributed by atoms with Crippen molar-refractivity contribution >= 4 is 33.5 Å². The maximum Gasteiger partial charge on any atom is 0.321 e. The molecule has 0 aromatic heterocycles. The number of amides is 2. The fraction of sp³-hybridized carbons (Fsp3) is 0.562. The highest BCUT2D eigenvalue weighted by Crippen LogP contribution is 2.23. The summed E-state index contributed by atoms with van der Waals surface area (Å²) in [7, 11) is -3.78. The maximum absolute atomic E-state index is 12.4. The van der Waals surface area contributed by atoms with Crippen molar-refractivity contribution < 1.29 is 13.2 Å². The van der Waals surface area contributed by atoms with Gasteiger partial charge in [0.25, 0.3) is 0 Å². The number of urea groups is 1. The second kappa shape index (κ2) is 7.94. The fourth-order valence-corrected chi connectivity index (χ4v) is 4.93. The zero-order chi connectivity index (χ0) is 17.9. The lowest BCUT2D eigenvalue weighted by molar-refractivity contribution is 0.108. The van der Waals surface area contributed by atoms with Crippen molar-refractivity contribution in [3.8, 4) is 0 Å². The van der Waals surface area contributed by atoms with E-state index in [0.29, 0.717) is 24.8 Å². The molecule has 3 N–H and O–H groups in total. The maximum atomic E-state index is 12.4. The summed E-state index contributed by atoms with van der Waals surface area (Å²) in [4.78, 5) is 16.7. The minimum atomic E-state index is -3.78. The standard InChI is InChI=1S/C16H24N4O3S2/c17-25(22,23)15-3-1-2-13(12-15)18-16(21)20-8-6-19(7-9-20)14-4-10-24-11-5-14/h1-3,12,14H,4-11H2,(H,18,21)(H2,17,22,23). The Hall–Kier alpha value is -1.29. The lowest BCUT2D eigenvalue weighted by atomic mass is 10.1. The van der Waals surface area contributed by atoms with Gasteiger partial charge in [0, 0.05) is 37.9 Å². The Labute approximate surface area is 153 Å². The van der Waals surface area contributed by atoms with E-state index in [9.17, 15) is 13.2 Å². The molecule has 2 aliphatic heterocycles. The minimum Gasteiger partial charge on any atom is -0.322 e. The first-order valence-corrected chi connectivity index (χ1v) is 11.1. The Kier molecular flexibility index (Phi) is 5.88. The van der Waals surface area contributed by atoms with E-state index in [0.717, 1.165) is 13.1 Å². The zero-order valence-electron chi connectivity index (χ0n) is 14.1. The number of hydrogen-bond acceptors (Lipinski definition) is 5. The first kappa shape index (κ1) is 18.5. The molecule has 0 atom stereocenters. The second-order valence-corrected chi connectivity index (χ2v) is 9.16. The van der Waals surface area contributed by atoms with Crippen molar-refractivity contribution in [2.75, 3.05) is 43.0 Å². The number of thioether (sulfide) groups is 1. The molecule has 0 radical (unpaired) electrons. The number of benzene rings is 1. The first-order chi connectivity index (χ1) is 11.9. The molecule has 1 aromatic rings. The first-order valence-electron chi connectivity index (χ1n) is 8.44. The molecule has 0 saturated carbocycles. The van der Waals surface area contributed by atoms with E-state index in [2.05, 4.69) is 10.2 Å². The molecule has 2 saturated heterocycles. The van der Waals surface area contributed by atoms with E-state index < -0.39 is 10.0 Å². The van der Waals surface area contributed by atoms with E-state index in [1.807, 2.05) is 11.8 Å². The highest BCUT2D eigenvalue weighted by molar-refractivity contribution is 7.99. The van der Waals surface area contributed by atoms with Crippen LogP contribution in [0.15, 0.2) is 29.2 Å². The number of primary sulfonamides is 1. The minimum absolute atomic E-state index is 0.00899. The van der Waals surface area contributed by atoms with Crippen LogP contribution in [0.4, 0.5) is 10.5 Å². The molecule has 0 unspecified atom stereocenters. The second-order valence-electron chi connectivity index (χ2n) is 6.37. The highest BCUT2D eigenvalue weighted by atomic mass is 32.2. The van der Waals surface area contributed by atoms with Crippen molar-refractivity contribution in [3.05, 3.63) is 24.3 Å². The van der Waals surface area contributed by atoms with Gasteiger partial charge in [0.2, 0.25) is 10.0 Å². The topological polar surface area (TPSA) is 95.7 Å². The number of anilines is 1. The summed E-state index contributed by atoms with van der Waals surface area (Å²) in [5, 5.41) is 7.89. The number of carbonyl (C=O) groups is 1. The van der Waals surface area contributed by atoms with E-state index >= 15 is 0 Å². The average molecular weight is 385 g/mol. The van der Waals surface area contributed by atoms with Gasteiger partial charge < -0.3 is 10.2 Å². The normalized spacial score (nSPS) is 20.4. The van der Waals surface area contributed by atoms with Crippen molar-refractivity contribution in [3.63, 3.8) is 0 Å². The number of sulfonamides is 1. The van der Waals surface area contributed by atoms with Gasteiger partial charge in [-0.05, 0) is 42.5 Å². The van der Waals surface area contributed by atoms with Crippen LogP contribution in [-0.4, -0.2) is 68.0 Å². The van der Waals surface area contributed by atoms with Crippen molar-refractivity contribution in [2.24, 2.45) is 5.14 Å². The van der Waals surface area contributed by atoms with Gasteiger partial charge in [-0.2, -0.15) is 11.8 Å². The smallest absolute Gasteiger partial charge is 0.321 e. The van der Waals surface area contributed by atoms with Crippen LogP contribution in [0, 0.1) is 0 Å². The highest BCUT2D eigenvalue weighted by Gasteiger charge is 2.27.